The zero-order chi connectivity index (χ0) is 14.4. The lowest BCUT2D eigenvalue weighted by molar-refractivity contribution is 0.296. The molecule has 1 aliphatic carbocycles. The molecule has 1 aliphatic rings. The molecular weight excluding hydrogens is 250 g/mol. The zero-order valence-electron chi connectivity index (χ0n) is 12.6. The van der Waals surface area contributed by atoms with E-state index in [9.17, 15) is 0 Å². The molecule has 1 aromatic rings. The lowest BCUT2D eigenvalue weighted by Gasteiger charge is -2.16. The van der Waals surface area contributed by atoms with Gasteiger partial charge in [0.2, 0.25) is 0 Å². The molecule has 0 saturated heterocycles. The summed E-state index contributed by atoms with van der Waals surface area (Å²) < 4.78 is 5.91. The second kappa shape index (κ2) is 7.17. The van der Waals surface area contributed by atoms with Crippen LogP contribution in [-0.4, -0.2) is 25.7 Å². The van der Waals surface area contributed by atoms with Crippen molar-refractivity contribution in [3.8, 4) is 5.75 Å². The number of hydrogen-bond acceptors (Lipinski definition) is 2. The predicted octanol–water partition coefficient (Wildman–Crippen LogP) is 2.55. The molecule has 0 bridgehead atoms. The molecule has 1 fully saturated rings. The van der Waals surface area contributed by atoms with Gasteiger partial charge in [-0.1, -0.05) is 18.2 Å². The van der Waals surface area contributed by atoms with Gasteiger partial charge in [0.05, 0.1) is 6.61 Å². The van der Waals surface area contributed by atoms with E-state index in [1.807, 2.05) is 18.2 Å². The topological polar surface area (TPSA) is 45.7 Å². The Morgan fingerprint density at radius 1 is 1.35 bits per heavy atom. The van der Waals surface area contributed by atoms with Crippen LogP contribution in [0.3, 0.4) is 0 Å². The van der Waals surface area contributed by atoms with Crippen LogP contribution in [0.5, 0.6) is 5.75 Å². The molecule has 110 valence electrons. The lowest BCUT2D eigenvalue weighted by atomic mass is 10.2. The Hall–Kier alpha value is -1.71. The van der Waals surface area contributed by atoms with E-state index in [4.69, 9.17) is 4.74 Å². The van der Waals surface area contributed by atoms with E-state index in [1.165, 1.54) is 18.4 Å². The number of nitrogens with one attached hydrogen (secondary N) is 2. The third kappa shape index (κ3) is 4.76. The highest BCUT2D eigenvalue weighted by atomic mass is 16.5. The van der Waals surface area contributed by atoms with Crippen molar-refractivity contribution in [3.63, 3.8) is 0 Å². The van der Waals surface area contributed by atoms with E-state index in [0.29, 0.717) is 12.6 Å². The van der Waals surface area contributed by atoms with Gasteiger partial charge in [0.1, 0.15) is 5.75 Å². The van der Waals surface area contributed by atoms with Crippen molar-refractivity contribution in [1.29, 1.82) is 0 Å². The molecule has 0 aromatic heterocycles. The fourth-order valence-electron chi connectivity index (χ4n) is 1.93. The first-order valence-corrected chi connectivity index (χ1v) is 7.37. The molecule has 1 aromatic carbocycles. The largest absolute Gasteiger partial charge is 0.493 e. The second-order valence-corrected chi connectivity index (χ2v) is 5.59. The standard InChI is InChI=1S/C16H25N3O/c1-12(2)19-16(17-3)18-10-14-6-4-5-7-15(14)20-11-13-8-9-13/h4-7,12-13H,8-11H2,1-3H3,(H2,17,18,19). The summed E-state index contributed by atoms with van der Waals surface area (Å²) in [6.45, 7) is 5.75. The molecule has 0 aliphatic heterocycles. The average Bonchev–Trinajstić information content (AvgIpc) is 3.26. The summed E-state index contributed by atoms with van der Waals surface area (Å²) in [5.74, 6) is 2.57. The summed E-state index contributed by atoms with van der Waals surface area (Å²) in [7, 11) is 1.78. The number of para-hydroxylation sites is 1. The molecule has 0 atom stereocenters. The van der Waals surface area contributed by atoms with Crippen LogP contribution in [0, 0.1) is 5.92 Å². The van der Waals surface area contributed by atoms with Crippen molar-refractivity contribution in [2.24, 2.45) is 10.9 Å². The Morgan fingerprint density at radius 2 is 2.10 bits per heavy atom. The highest BCUT2D eigenvalue weighted by molar-refractivity contribution is 5.79. The summed E-state index contributed by atoms with van der Waals surface area (Å²) in [4.78, 5) is 4.21. The number of guanidine groups is 1. The zero-order valence-corrected chi connectivity index (χ0v) is 12.6. The minimum atomic E-state index is 0.363. The summed E-state index contributed by atoms with van der Waals surface area (Å²) >= 11 is 0. The van der Waals surface area contributed by atoms with E-state index < -0.39 is 0 Å². The van der Waals surface area contributed by atoms with Gasteiger partial charge < -0.3 is 15.4 Å². The smallest absolute Gasteiger partial charge is 0.191 e. The molecule has 0 amide bonds. The van der Waals surface area contributed by atoms with Crippen LogP contribution in [0.2, 0.25) is 0 Å². The number of benzene rings is 1. The molecule has 4 nitrogen and oxygen atoms in total. The van der Waals surface area contributed by atoms with Crippen LogP contribution in [-0.2, 0) is 6.54 Å². The van der Waals surface area contributed by atoms with Gasteiger partial charge >= 0.3 is 0 Å². The lowest BCUT2D eigenvalue weighted by Crippen LogP contribution is -2.40. The van der Waals surface area contributed by atoms with Crippen molar-refractivity contribution < 1.29 is 4.74 Å². The van der Waals surface area contributed by atoms with E-state index in [-0.39, 0.29) is 0 Å². The first kappa shape index (κ1) is 14.7. The van der Waals surface area contributed by atoms with Crippen LogP contribution in [0.25, 0.3) is 0 Å². The Balaban J connectivity index is 1.90. The van der Waals surface area contributed by atoms with Crippen LogP contribution >= 0.6 is 0 Å². The molecule has 20 heavy (non-hydrogen) atoms. The molecule has 0 radical (unpaired) electrons. The first-order valence-electron chi connectivity index (χ1n) is 7.37. The van der Waals surface area contributed by atoms with Gasteiger partial charge in [0.15, 0.2) is 5.96 Å². The summed E-state index contributed by atoms with van der Waals surface area (Å²) in [6.07, 6.45) is 2.62. The summed E-state index contributed by atoms with van der Waals surface area (Å²) in [5, 5.41) is 6.60. The van der Waals surface area contributed by atoms with Gasteiger partial charge in [-0.25, -0.2) is 0 Å². The van der Waals surface area contributed by atoms with Gasteiger partial charge in [0.25, 0.3) is 0 Å². The number of ether oxygens (including phenoxy) is 1. The Bertz CT molecular complexity index is 453. The highest BCUT2D eigenvalue weighted by Crippen LogP contribution is 2.30. The maximum Gasteiger partial charge on any atom is 0.191 e. The number of aliphatic imine (C=N–C) groups is 1. The second-order valence-electron chi connectivity index (χ2n) is 5.59. The summed E-state index contributed by atoms with van der Waals surface area (Å²) in [6, 6.07) is 8.56. The van der Waals surface area contributed by atoms with E-state index >= 15 is 0 Å². The Morgan fingerprint density at radius 3 is 2.75 bits per heavy atom. The van der Waals surface area contributed by atoms with Gasteiger partial charge in [-0.05, 0) is 38.7 Å². The highest BCUT2D eigenvalue weighted by Gasteiger charge is 2.22. The average molecular weight is 275 g/mol. The van der Waals surface area contributed by atoms with E-state index in [1.54, 1.807) is 7.05 Å². The monoisotopic (exact) mass is 275 g/mol. The Kier molecular flexibility index (Phi) is 5.27. The fraction of sp³-hybridized carbons (Fsp3) is 0.562. The normalized spacial score (nSPS) is 15.3. The maximum absolute atomic E-state index is 5.91. The summed E-state index contributed by atoms with van der Waals surface area (Å²) in [5.41, 5.74) is 1.17. The van der Waals surface area contributed by atoms with Gasteiger partial charge in [-0.3, -0.25) is 4.99 Å². The van der Waals surface area contributed by atoms with Gasteiger partial charge in [0, 0.05) is 25.2 Å². The third-order valence-corrected chi connectivity index (χ3v) is 3.24. The van der Waals surface area contributed by atoms with Crippen molar-refractivity contribution in [3.05, 3.63) is 29.8 Å². The minimum Gasteiger partial charge on any atom is -0.493 e. The molecule has 2 N–H and O–H groups in total. The SMILES string of the molecule is CN=C(NCc1ccccc1OCC1CC1)NC(C)C. The maximum atomic E-state index is 5.91. The fourth-order valence-corrected chi connectivity index (χ4v) is 1.93. The van der Waals surface area contributed by atoms with Crippen LogP contribution in [0.15, 0.2) is 29.3 Å². The number of nitrogens with zero attached hydrogens (tertiary/aromatic N) is 1. The molecule has 1 saturated carbocycles. The molecule has 0 heterocycles. The Labute approximate surface area is 121 Å². The quantitative estimate of drug-likeness (QED) is 0.619. The molecular formula is C16H25N3O. The number of rotatable bonds is 6. The molecule has 0 unspecified atom stereocenters. The van der Waals surface area contributed by atoms with Crippen molar-refractivity contribution in [2.75, 3.05) is 13.7 Å². The third-order valence-electron chi connectivity index (χ3n) is 3.24. The van der Waals surface area contributed by atoms with Gasteiger partial charge in [-0.2, -0.15) is 0 Å². The van der Waals surface area contributed by atoms with Crippen LogP contribution in [0.4, 0.5) is 0 Å². The minimum absolute atomic E-state index is 0.363. The van der Waals surface area contributed by atoms with E-state index in [2.05, 4.69) is 35.5 Å². The predicted molar refractivity (Wildman–Crippen MR) is 83.1 cm³/mol. The molecule has 2 rings (SSSR count). The van der Waals surface area contributed by atoms with Crippen molar-refractivity contribution in [2.45, 2.75) is 39.3 Å². The molecule has 4 heteroatoms. The van der Waals surface area contributed by atoms with Crippen molar-refractivity contribution in [1.82, 2.24) is 10.6 Å². The first-order chi connectivity index (χ1) is 9.69. The molecule has 0 spiro atoms. The van der Waals surface area contributed by atoms with E-state index in [0.717, 1.165) is 24.2 Å². The van der Waals surface area contributed by atoms with Crippen molar-refractivity contribution >= 4 is 5.96 Å². The number of hydrogen-bond donors (Lipinski definition) is 2. The van der Waals surface area contributed by atoms with Crippen LogP contribution in [0.1, 0.15) is 32.3 Å². The van der Waals surface area contributed by atoms with Gasteiger partial charge in [-0.15, -0.1) is 0 Å². The van der Waals surface area contributed by atoms with Crippen LogP contribution < -0.4 is 15.4 Å².